The number of fused-ring (bicyclic) bond motifs is 1. The van der Waals surface area contributed by atoms with Crippen LogP contribution in [0.1, 0.15) is 37.7 Å². The molecule has 1 N–H and O–H groups in total. The number of hydrogen-bond donors (Lipinski definition) is 1. The summed E-state index contributed by atoms with van der Waals surface area (Å²) in [6, 6.07) is 10.9. The molecule has 1 atom stereocenters. The molecule has 0 fully saturated rings. The average molecular weight is 287 g/mol. The van der Waals surface area contributed by atoms with E-state index >= 15 is 0 Å². The van der Waals surface area contributed by atoms with Crippen molar-refractivity contribution < 1.29 is 14.7 Å². The fourth-order valence-electron chi connectivity index (χ4n) is 2.51. The molecule has 2 aromatic rings. The Hall–Kier alpha value is -2.14. The first-order chi connectivity index (χ1) is 9.58. The number of carboxylic acids is 1. The molecule has 1 aliphatic heterocycles. The maximum absolute atomic E-state index is 12.5. The van der Waals surface area contributed by atoms with Crippen molar-refractivity contribution in [3.63, 3.8) is 0 Å². The predicted molar refractivity (Wildman–Crippen MR) is 77.8 cm³/mol. The van der Waals surface area contributed by atoms with Gasteiger partial charge in [-0.1, -0.05) is 25.1 Å². The molecule has 4 nitrogen and oxygen atoms in total. The molecular formula is C15H13NO3S. The molecule has 0 unspecified atom stereocenters. The molecule has 5 heteroatoms. The van der Waals surface area contributed by atoms with Crippen LogP contribution in [-0.2, 0) is 0 Å². The van der Waals surface area contributed by atoms with Gasteiger partial charge in [-0.3, -0.25) is 4.79 Å². The van der Waals surface area contributed by atoms with Gasteiger partial charge in [-0.05, 0) is 23.8 Å². The van der Waals surface area contributed by atoms with E-state index < -0.39 is 5.97 Å². The van der Waals surface area contributed by atoms with E-state index in [9.17, 15) is 9.59 Å². The highest BCUT2D eigenvalue weighted by molar-refractivity contribution is 7.16. The van der Waals surface area contributed by atoms with Gasteiger partial charge in [0.1, 0.15) is 4.88 Å². The Morgan fingerprint density at radius 3 is 2.60 bits per heavy atom. The summed E-state index contributed by atoms with van der Waals surface area (Å²) in [6.45, 7) is 2.72. The minimum absolute atomic E-state index is 0.126. The fourth-order valence-corrected chi connectivity index (χ4v) is 3.31. The smallest absolute Gasteiger partial charge is 0.345 e. The van der Waals surface area contributed by atoms with Crippen LogP contribution in [0.2, 0.25) is 0 Å². The van der Waals surface area contributed by atoms with Gasteiger partial charge >= 0.3 is 5.97 Å². The molecule has 1 amide bonds. The fraction of sp³-hybridized carbons (Fsp3) is 0.200. The van der Waals surface area contributed by atoms with Crippen LogP contribution in [0.25, 0.3) is 0 Å². The Balaban J connectivity index is 1.94. The predicted octanol–water partition coefficient (Wildman–Crippen LogP) is 3.21. The molecule has 102 valence electrons. The van der Waals surface area contributed by atoms with Crippen molar-refractivity contribution in [2.24, 2.45) is 0 Å². The van der Waals surface area contributed by atoms with Crippen molar-refractivity contribution in [2.45, 2.75) is 12.8 Å². The third kappa shape index (κ3) is 2.00. The highest BCUT2D eigenvalue weighted by atomic mass is 32.1. The topological polar surface area (TPSA) is 57.6 Å². The standard InChI is InChI=1S/C15H13NO3S/c1-9-8-16(11-5-3-2-4-10(9)11)14(17)12-6-7-13(20-12)15(18)19/h2-7,9H,8H2,1H3,(H,18,19)/t9-/m1/s1. The number of hydrogen-bond acceptors (Lipinski definition) is 3. The summed E-state index contributed by atoms with van der Waals surface area (Å²) in [4.78, 5) is 25.8. The van der Waals surface area contributed by atoms with E-state index in [1.54, 1.807) is 11.0 Å². The number of amides is 1. The zero-order chi connectivity index (χ0) is 14.3. The minimum atomic E-state index is -0.996. The Morgan fingerprint density at radius 2 is 1.90 bits per heavy atom. The van der Waals surface area contributed by atoms with Crippen molar-refractivity contribution in [1.29, 1.82) is 0 Å². The molecule has 1 aromatic heterocycles. The average Bonchev–Trinajstić information content (AvgIpc) is 3.04. The van der Waals surface area contributed by atoms with Crippen LogP contribution in [0, 0.1) is 0 Å². The molecule has 0 bridgehead atoms. The maximum atomic E-state index is 12.5. The third-order valence-electron chi connectivity index (χ3n) is 3.49. The lowest BCUT2D eigenvalue weighted by Crippen LogP contribution is -2.28. The summed E-state index contributed by atoms with van der Waals surface area (Å²) < 4.78 is 0. The van der Waals surface area contributed by atoms with Gasteiger partial charge in [-0.15, -0.1) is 11.3 Å². The number of para-hydroxylation sites is 1. The number of benzene rings is 1. The van der Waals surface area contributed by atoms with Crippen LogP contribution >= 0.6 is 11.3 Å². The SMILES string of the molecule is C[C@@H]1CN(C(=O)c2ccc(C(=O)O)s2)c2ccccc21. The van der Waals surface area contributed by atoms with Crippen LogP contribution < -0.4 is 4.90 Å². The number of aromatic carboxylic acids is 1. The Kier molecular flexibility index (Phi) is 3.06. The van der Waals surface area contributed by atoms with Gasteiger partial charge in [0.05, 0.1) is 4.88 Å². The van der Waals surface area contributed by atoms with E-state index in [1.807, 2.05) is 24.3 Å². The minimum Gasteiger partial charge on any atom is -0.477 e. The van der Waals surface area contributed by atoms with Gasteiger partial charge in [0, 0.05) is 18.2 Å². The van der Waals surface area contributed by atoms with Crippen molar-refractivity contribution in [1.82, 2.24) is 0 Å². The second kappa shape index (κ2) is 4.76. The first-order valence-electron chi connectivity index (χ1n) is 6.32. The highest BCUT2D eigenvalue weighted by Gasteiger charge is 2.30. The number of rotatable bonds is 2. The van der Waals surface area contributed by atoms with Crippen LogP contribution in [-0.4, -0.2) is 23.5 Å². The van der Waals surface area contributed by atoms with E-state index in [1.165, 1.54) is 6.07 Å². The molecule has 20 heavy (non-hydrogen) atoms. The number of anilines is 1. The molecule has 2 heterocycles. The van der Waals surface area contributed by atoms with Crippen LogP contribution in [0.15, 0.2) is 36.4 Å². The van der Waals surface area contributed by atoms with Crippen molar-refractivity contribution in [2.75, 3.05) is 11.4 Å². The number of nitrogens with zero attached hydrogens (tertiary/aromatic N) is 1. The van der Waals surface area contributed by atoms with Gasteiger partial charge in [0.2, 0.25) is 0 Å². The Labute approximate surface area is 120 Å². The van der Waals surface area contributed by atoms with Crippen LogP contribution in [0.3, 0.4) is 0 Å². The second-order valence-electron chi connectivity index (χ2n) is 4.84. The van der Waals surface area contributed by atoms with Gasteiger partial charge < -0.3 is 10.0 Å². The van der Waals surface area contributed by atoms with Gasteiger partial charge in [0.15, 0.2) is 0 Å². The number of carbonyl (C=O) groups is 2. The molecule has 1 aliphatic rings. The maximum Gasteiger partial charge on any atom is 0.345 e. The Morgan fingerprint density at radius 1 is 1.20 bits per heavy atom. The van der Waals surface area contributed by atoms with Gasteiger partial charge in [0.25, 0.3) is 5.91 Å². The summed E-state index contributed by atoms with van der Waals surface area (Å²) in [5, 5.41) is 8.93. The van der Waals surface area contributed by atoms with Crippen molar-refractivity contribution in [3.05, 3.63) is 51.7 Å². The highest BCUT2D eigenvalue weighted by Crippen LogP contribution is 2.37. The molecule has 0 radical (unpaired) electrons. The third-order valence-corrected chi connectivity index (χ3v) is 4.55. The summed E-state index contributed by atoms with van der Waals surface area (Å²) in [6.07, 6.45) is 0. The van der Waals surface area contributed by atoms with E-state index in [-0.39, 0.29) is 10.8 Å². The summed E-state index contributed by atoms with van der Waals surface area (Å²) >= 11 is 1.02. The van der Waals surface area contributed by atoms with Crippen molar-refractivity contribution in [3.8, 4) is 0 Å². The number of thiophene rings is 1. The lowest BCUT2D eigenvalue weighted by molar-refractivity contribution is 0.0702. The lowest BCUT2D eigenvalue weighted by atomic mass is 10.0. The zero-order valence-electron chi connectivity index (χ0n) is 10.9. The Bertz CT molecular complexity index is 692. The second-order valence-corrected chi connectivity index (χ2v) is 5.93. The zero-order valence-corrected chi connectivity index (χ0v) is 11.7. The van der Waals surface area contributed by atoms with E-state index in [2.05, 4.69) is 6.92 Å². The molecule has 0 saturated heterocycles. The van der Waals surface area contributed by atoms with E-state index in [0.717, 1.165) is 22.6 Å². The lowest BCUT2D eigenvalue weighted by Gasteiger charge is -2.16. The van der Waals surface area contributed by atoms with E-state index in [0.29, 0.717) is 17.3 Å². The molecule has 3 rings (SSSR count). The van der Waals surface area contributed by atoms with E-state index in [4.69, 9.17) is 5.11 Å². The normalized spacial score (nSPS) is 17.1. The van der Waals surface area contributed by atoms with Gasteiger partial charge in [-0.25, -0.2) is 4.79 Å². The van der Waals surface area contributed by atoms with Crippen molar-refractivity contribution >= 4 is 28.9 Å². The molecule has 0 aliphatic carbocycles. The summed E-state index contributed by atoms with van der Waals surface area (Å²) in [7, 11) is 0. The van der Waals surface area contributed by atoms with Crippen LogP contribution in [0.4, 0.5) is 5.69 Å². The van der Waals surface area contributed by atoms with Gasteiger partial charge in [-0.2, -0.15) is 0 Å². The molecule has 0 saturated carbocycles. The monoisotopic (exact) mass is 287 g/mol. The summed E-state index contributed by atoms with van der Waals surface area (Å²) in [5.41, 5.74) is 2.09. The molecule has 0 spiro atoms. The quantitative estimate of drug-likeness (QED) is 0.922. The number of carboxylic acid groups (broad SMARTS) is 1. The van der Waals surface area contributed by atoms with Crippen LogP contribution in [0.5, 0.6) is 0 Å². The molecule has 1 aromatic carbocycles. The first-order valence-corrected chi connectivity index (χ1v) is 7.13. The summed E-state index contributed by atoms with van der Waals surface area (Å²) in [5.74, 6) is -0.822. The first kappa shape index (κ1) is 12.9. The largest absolute Gasteiger partial charge is 0.477 e. The molecular weight excluding hydrogens is 274 g/mol. The number of carbonyl (C=O) groups excluding carboxylic acids is 1.